The first-order chi connectivity index (χ1) is 10.1. The summed E-state index contributed by atoms with van der Waals surface area (Å²) in [5.74, 6) is 0.0314. The molecule has 0 heterocycles. The maximum Gasteiger partial charge on any atom is 0.313 e. The summed E-state index contributed by atoms with van der Waals surface area (Å²) in [5, 5.41) is 0. The van der Waals surface area contributed by atoms with Crippen molar-refractivity contribution >= 4 is 5.97 Å². The molecule has 0 bridgehead atoms. The molecule has 0 radical (unpaired) electrons. The Labute approximate surface area is 129 Å². The molecule has 1 rings (SSSR count). The van der Waals surface area contributed by atoms with Crippen LogP contribution in [0.4, 0.5) is 0 Å². The molecule has 0 saturated heterocycles. The Balaban J connectivity index is 2.65. The smallest absolute Gasteiger partial charge is 0.313 e. The lowest BCUT2D eigenvalue weighted by Gasteiger charge is -2.23. The van der Waals surface area contributed by atoms with E-state index in [1.54, 1.807) is 0 Å². The fraction of sp³-hybridized carbons (Fsp3) is 0.611. The van der Waals surface area contributed by atoms with E-state index in [4.69, 9.17) is 4.74 Å². The molecule has 1 aromatic rings. The monoisotopic (exact) mass is 291 g/mol. The summed E-state index contributed by atoms with van der Waals surface area (Å²) in [5.41, 5.74) is 1.06. The maximum absolute atomic E-state index is 12.5. The number of carbonyl (C=O) groups is 1. The highest BCUT2D eigenvalue weighted by Crippen LogP contribution is 2.28. The summed E-state index contributed by atoms with van der Waals surface area (Å²) in [7, 11) is 0. The highest BCUT2D eigenvalue weighted by Gasteiger charge is 2.27. The second kappa shape index (κ2) is 9.56. The first-order valence-corrected chi connectivity index (χ1v) is 8.07. The summed E-state index contributed by atoms with van der Waals surface area (Å²) in [4.78, 5) is 14.7. The second-order valence-corrected chi connectivity index (χ2v) is 5.47. The molecule has 0 aromatic heterocycles. The van der Waals surface area contributed by atoms with Crippen LogP contribution in [-0.2, 0) is 9.53 Å². The Morgan fingerprint density at radius 2 is 1.76 bits per heavy atom. The zero-order chi connectivity index (χ0) is 15.7. The fourth-order valence-electron chi connectivity index (χ4n) is 2.50. The molecule has 0 aliphatic carbocycles. The number of likely N-dealkylation sites (N-methyl/N-ethyl adjacent to an activating group) is 1. The molecule has 2 atom stereocenters. The van der Waals surface area contributed by atoms with Crippen molar-refractivity contribution in [2.75, 3.05) is 26.2 Å². The van der Waals surface area contributed by atoms with Gasteiger partial charge in [0.1, 0.15) is 6.61 Å². The number of carbonyl (C=O) groups excluding carboxylic acids is 1. The van der Waals surface area contributed by atoms with E-state index in [-0.39, 0.29) is 17.8 Å². The topological polar surface area (TPSA) is 29.5 Å². The van der Waals surface area contributed by atoms with Gasteiger partial charge < -0.3 is 9.64 Å². The maximum atomic E-state index is 12.5. The highest BCUT2D eigenvalue weighted by atomic mass is 16.5. The van der Waals surface area contributed by atoms with Gasteiger partial charge in [0.25, 0.3) is 0 Å². The Morgan fingerprint density at radius 1 is 1.14 bits per heavy atom. The molecule has 3 heteroatoms. The van der Waals surface area contributed by atoms with Gasteiger partial charge in [-0.2, -0.15) is 0 Å². The van der Waals surface area contributed by atoms with Crippen molar-refractivity contribution in [2.45, 2.75) is 40.0 Å². The van der Waals surface area contributed by atoms with Crippen LogP contribution >= 0.6 is 0 Å². The minimum absolute atomic E-state index is 0.0947. The van der Waals surface area contributed by atoms with Gasteiger partial charge in [-0.05, 0) is 24.6 Å². The van der Waals surface area contributed by atoms with E-state index in [9.17, 15) is 4.79 Å². The number of esters is 1. The summed E-state index contributed by atoms with van der Waals surface area (Å²) >= 11 is 0. The quantitative estimate of drug-likeness (QED) is 0.650. The number of nitrogens with zero attached hydrogens (tertiary/aromatic N) is 1. The summed E-state index contributed by atoms with van der Waals surface area (Å²) in [6, 6.07) is 9.97. The molecular weight excluding hydrogens is 262 g/mol. The van der Waals surface area contributed by atoms with Crippen LogP contribution in [0, 0.1) is 5.92 Å². The van der Waals surface area contributed by atoms with Gasteiger partial charge >= 0.3 is 5.97 Å². The Kier molecular flexibility index (Phi) is 8.06. The van der Waals surface area contributed by atoms with Crippen molar-refractivity contribution in [3.63, 3.8) is 0 Å². The SMILES string of the molecule is CC[C@H](C)[C@@H](C(=O)OCCN(CC)CC)c1ccccc1. The van der Waals surface area contributed by atoms with Crippen LogP contribution < -0.4 is 0 Å². The zero-order valence-corrected chi connectivity index (χ0v) is 13.8. The van der Waals surface area contributed by atoms with Crippen LogP contribution in [0.1, 0.15) is 45.6 Å². The van der Waals surface area contributed by atoms with Crippen molar-refractivity contribution in [2.24, 2.45) is 5.92 Å². The van der Waals surface area contributed by atoms with Gasteiger partial charge in [-0.15, -0.1) is 0 Å². The second-order valence-electron chi connectivity index (χ2n) is 5.47. The average molecular weight is 291 g/mol. The van der Waals surface area contributed by atoms with Crippen molar-refractivity contribution in [1.29, 1.82) is 0 Å². The van der Waals surface area contributed by atoms with E-state index < -0.39 is 0 Å². The lowest BCUT2D eigenvalue weighted by Crippen LogP contribution is -2.30. The molecule has 0 saturated carbocycles. The largest absolute Gasteiger partial charge is 0.464 e. The normalized spacial score (nSPS) is 14.0. The van der Waals surface area contributed by atoms with Crippen molar-refractivity contribution in [3.8, 4) is 0 Å². The molecule has 21 heavy (non-hydrogen) atoms. The van der Waals surface area contributed by atoms with Crippen molar-refractivity contribution in [3.05, 3.63) is 35.9 Å². The predicted molar refractivity (Wildman–Crippen MR) is 87.4 cm³/mol. The van der Waals surface area contributed by atoms with Crippen molar-refractivity contribution in [1.82, 2.24) is 4.90 Å². The Morgan fingerprint density at radius 3 is 2.29 bits per heavy atom. The van der Waals surface area contributed by atoms with Crippen LogP contribution in [-0.4, -0.2) is 37.1 Å². The fourth-order valence-corrected chi connectivity index (χ4v) is 2.50. The third kappa shape index (κ3) is 5.50. The summed E-state index contributed by atoms with van der Waals surface area (Å²) in [6.45, 7) is 11.7. The lowest BCUT2D eigenvalue weighted by molar-refractivity contribution is -0.147. The van der Waals surface area contributed by atoms with E-state index in [1.807, 2.05) is 30.3 Å². The van der Waals surface area contributed by atoms with Crippen LogP contribution in [0.5, 0.6) is 0 Å². The first-order valence-electron chi connectivity index (χ1n) is 8.07. The third-order valence-corrected chi connectivity index (χ3v) is 4.17. The predicted octanol–water partition coefficient (Wildman–Crippen LogP) is 3.70. The molecule has 0 spiro atoms. The highest BCUT2D eigenvalue weighted by molar-refractivity contribution is 5.78. The molecule has 1 aromatic carbocycles. The molecular formula is C18H29NO2. The molecule has 0 fully saturated rings. The van der Waals surface area contributed by atoms with Crippen molar-refractivity contribution < 1.29 is 9.53 Å². The molecule has 0 aliphatic heterocycles. The summed E-state index contributed by atoms with van der Waals surface area (Å²) < 4.78 is 5.54. The van der Waals surface area contributed by atoms with E-state index in [0.717, 1.165) is 31.6 Å². The van der Waals surface area contributed by atoms with Gasteiger partial charge in [-0.25, -0.2) is 0 Å². The first kappa shape index (κ1) is 17.7. The van der Waals surface area contributed by atoms with Gasteiger partial charge in [0, 0.05) is 6.54 Å². The minimum atomic E-state index is -0.159. The molecule has 0 N–H and O–H groups in total. The molecule has 0 aliphatic rings. The summed E-state index contributed by atoms with van der Waals surface area (Å²) in [6.07, 6.45) is 0.963. The van der Waals surface area contributed by atoms with Crippen LogP contribution in [0.3, 0.4) is 0 Å². The van der Waals surface area contributed by atoms with E-state index in [1.165, 1.54) is 0 Å². The average Bonchev–Trinajstić information content (AvgIpc) is 2.52. The van der Waals surface area contributed by atoms with Crippen LogP contribution in [0.15, 0.2) is 30.3 Å². The van der Waals surface area contributed by atoms with E-state index in [0.29, 0.717) is 6.61 Å². The van der Waals surface area contributed by atoms with Gasteiger partial charge in [0.2, 0.25) is 0 Å². The number of benzene rings is 1. The van der Waals surface area contributed by atoms with E-state index in [2.05, 4.69) is 32.6 Å². The van der Waals surface area contributed by atoms with Crippen LogP contribution in [0.2, 0.25) is 0 Å². The van der Waals surface area contributed by atoms with Crippen LogP contribution in [0.25, 0.3) is 0 Å². The zero-order valence-electron chi connectivity index (χ0n) is 13.8. The third-order valence-electron chi connectivity index (χ3n) is 4.17. The minimum Gasteiger partial charge on any atom is -0.464 e. The molecule has 118 valence electrons. The van der Waals surface area contributed by atoms with Gasteiger partial charge in [-0.3, -0.25) is 4.79 Å². The molecule has 0 amide bonds. The lowest BCUT2D eigenvalue weighted by atomic mass is 9.86. The number of hydrogen-bond donors (Lipinski definition) is 0. The van der Waals surface area contributed by atoms with E-state index >= 15 is 0 Å². The molecule has 0 unspecified atom stereocenters. The van der Waals surface area contributed by atoms with Gasteiger partial charge in [0.15, 0.2) is 0 Å². The molecule has 3 nitrogen and oxygen atoms in total. The standard InChI is InChI=1S/C18H29NO2/c1-5-15(4)17(16-11-9-8-10-12-16)18(20)21-14-13-19(6-2)7-3/h8-12,15,17H,5-7,13-14H2,1-4H3/t15-,17+/m0/s1. The number of rotatable bonds is 9. The number of hydrogen-bond acceptors (Lipinski definition) is 3. The Hall–Kier alpha value is -1.35. The Bertz CT molecular complexity index is 401. The van der Waals surface area contributed by atoms with Gasteiger partial charge in [-0.1, -0.05) is 64.4 Å². The number of ether oxygens (including phenoxy) is 1. The van der Waals surface area contributed by atoms with Gasteiger partial charge in [0.05, 0.1) is 5.92 Å².